The third kappa shape index (κ3) is 2.56. The fourth-order valence-electron chi connectivity index (χ4n) is 1.44. The molecule has 13 heavy (non-hydrogen) atoms. The van der Waals surface area contributed by atoms with E-state index < -0.39 is 0 Å². The van der Waals surface area contributed by atoms with Crippen LogP contribution in [0.3, 0.4) is 0 Å². The number of aliphatic hydroxyl groups excluding tert-OH is 1. The Labute approximate surface area is 79.0 Å². The van der Waals surface area contributed by atoms with Crippen LogP contribution in [-0.4, -0.2) is 35.1 Å². The first-order chi connectivity index (χ1) is 6.15. The van der Waals surface area contributed by atoms with Gasteiger partial charge < -0.3 is 10.0 Å². The lowest BCUT2D eigenvalue weighted by Crippen LogP contribution is -2.27. The molecule has 1 aliphatic rings. The highest BCUT2D eigenvalue weighted by Crippen LogP contribution is 2.17. The van der Waals surface area contributed by atoms with Crippen LogP contribution in [0.25, 0.3) is 0 Å². The first-order valence-corrected chi connectivity index (χ1v) is 4.77. The minimum Gasteiger partial charge on any atom is -0.389 e. The molecule has 0 radical (unpaired) electrons. The molecule has 74 valence electrons. The van der Waals surface area contributed by atoms with E-state index in [1.165, 1.54) is 0 Å². The van der Waals surface area contributed by atoms with Crippen LogP contribution in [0, 0.1) is 0 Å². The summed E-state index contributed by atoms with van der Waals surface area (Å²) < 4.78 is 0. The van der Waals surface area contributed by atoms with E-state index in [1.807, 2.05) is 20.0 Å². The van der Waals surface area contributed by atoms with Crippen molar-refractivity contribution in [1.29, 1.82) is 0 Å². The third-order valence-corrected chi connectivity index (χ3v) is 2.52. The molecule has 0 bridgehead atoms. The predicted octanol–water partition coefficient (Wildman–Crippen LogP) is 0.934. The maximum absolute atomic E-state index is 11.1. The number of aliphatic hydroxyl groups is 1. The molecule has 0 aromatic carbocycles. The fourth-order valence-corrected chi connectivity index (χ4v) is 1.44. The van der Waals surface area contributed by atoms with Gasteiger partial charge in [-0.3, -0.25) is 4.79 Å². The van der Waals surface area contributed by atoms with Crippen molar-refractivity contribution < 1.29 is 9.90 Å². The first-order valence-electron chi connectivity index (χ1n) is 4.77. The van der Waals surface area contributed by atoms with Crippen LogP contribution in [0.1, 0.15) is 26.2 Å². The molecule has 0 aromatic rings. The highest BCUT2D eigenvalue weighted by molar-refractivity contribution is 5.78. The molecule has 0 spiro atoms. The monoisotopic (exact) mass is 183 g/mol. The zero-order valence-corrected chi connectivity index (χ0v) is 8.23. The van der Waals surface area contributed by atoms with Gasteiger partial charge in [0, 0.05) is 13.5 Å². The van der Waals surface area contributed by atoms with Crippen LogP contribution in [-0.2, 0) is 4.79 Å². The number of nitrogens with zero attached hydrogens (tertiary/aromatic N) is 1. The van der Waals surface area contributed by atoms with Crippen LogP contribution >= 0.6 is 0 Å². The Kier molecular flexibility index (Phi) is 3.48. The molecular formula is C10H17NO2. The molecule has 1 heterocycles. The van der Waals surface area contributed by atoms with Gasteiger partial charge in [-0.05, 0) is 12.8 Å². The van der Waals surface area contributed by atoms with Crippen LogP contribution in [0.2, 0.25) is 0 Å². The number of amides is 1. The van der Waals surface area contributed by atoms with Gasteiger partial charge in [0.15, 0.2) is 0 Å². The van der Waals surface area contributed by atoms with E-state index in [1.54, 1.807) is 11.0 Å². The standard InChI is InChI=1S/C10H17NO2/c1-3-9(12)6-4-8-5-7-10(13)11(8)2/h4,6,8-9,12H,3,5,7H2,1-2H3/t8-,9?/m0/s1. The van der Waals surface area contributed by atoms with Crippen molar-refractivity contribution in [1.82, 2.24) is 4.90 Å². The van der Waals surface area contributed by atoms with Gasteiger partial charge in [-0.15, -0.1) is 0 Å². The van der Waals surface area contributed by atoms with Crippen molar-refractivity contribution in [2.24, 2.45) is 0 Å². The van der Waals surface area contributed by atoms with Crippen LogP contribution < -0.4 is 0 Å². The predicted molar refractivity (Wildman–Crippen MR) is 51.2 cm³/mol. The zero-order valence-electron chi connectivity index (χ0n) is 8.23. The Bertz CT molecular complexity index is 213. The topological polar surface area (TPSA) is 40.5 Å². The molecule has 3 nitrogen and oxygen atoms in total. The summed E-state index contributed by atoms with van der Waals surface area (Å²) in [7, 11) is 1.81. The van der Waals surface area contributed by atoms with E-state index in [0.717, 1.165) is 12.8 Å². The van der Waals surface area contributed by atoms with Gasteiger partial charge in [-0.2, -0.15) is 0 Å². The molecule has 1 N–H and O–H groups in total. The molecule has 0 aromatic heterocycles. The zero-order chi connectivity index (χ0) is 9.84. The van der Waals surface area contributed by atoms with E-state index in [9.17, 15) is 9.90 Å². The van der Waals surface area contributed by atoms with E-state index in [-0.39, 0.29) is 18.1 Å². The molecule has 1 amide bonds. The summed E-state index contributed by atoms with van der Waals surface area (Å²) in [6, 6.07) is 0.189. The smallest absolute Gasteiger partial charge is 0.222 e. The summed E-state index contributed by atoms with van der Waals surface area (Å²) in [4.78, 5) is 12.9. The number of rotatable bonds is 3. The highest BCUT2D eigenvalue weighted by Gasteiger charge is 2.25. The van der Waals surface area contributed by atoms with Crippen molar-refractivity contribution in [3.05, 3.63) is 12.2 Å². The van der Waals surface area contributed by atoms with Crippen LogP contribution in [0.4, 0.5) is 0 Å². The quantitative estimate of drug-likeness (QED) is 0.661. The second-order valence-corrected chi connectivity index (χ2v) is 3.47. The second kappa shape index (κ2) is 4.42. The molecule has 1 rings (SSSR count). The Hall–Kier alpha value is -0.830. The Morgan fingerprint density at radius 1 is 1.77 bits per heavy atom. The van der Waals surface area contributed by atoms with E-state index in [4.69, 9.17) is 0 Å². The lowest BCUT2D eigenvalue weighted by Gasteiger charge is -2.16. The first kappa shape index (κ1) is 10.3. The lowest BCUT2D eigenvalue weighted by atomic mass is 10.1. The van der Waals surface area contributed by atoms with Crippen LogP contribution in [0.5, 0.6) is 0 Å². The molecule has 0 aliphatic carbocycles. The van der Waals surface area contributed by atoms with E-state index in [2.05, 4.69) is 0 Å². The number of likely N-dealkylation sites (N-methyl/N-ethyl adjacent to an activating group) is 1. The Morgan fingerprint density at radius 3 is 2.92 bits per heavy atom. The summed E-state index contributed by atoms with van der Waals surface area (Å²) in [6.07, 6.45) is 5.57. The number of likely N-dealkylation sites (tertiary alicyclic amines) is 1. The number of carbonyl (C=O) groups excluding carboxylic acids is 1. The SMILES string of the molecule is CCC(O)C=C[C@H]1CCC(=O)N1C. The third-order valence-electron chi connectivity index (χ3n) is 2.52. The van der Waals surface area contributed by atoms with Crippen molar-refractivity contribution in [3.8, 4) is 0 Å². The molecule has 0 saturated carbocycles. The van der Waals surface area contributed by atoms with Gasteiger partial charge >= 0.3 is 0 Å². The molecule has 1 aliphatic heterocycles. The maximum atomic E-state index is 11.1. The lowest BCUT2D eigenvalue weighted by molar-refractivity contribution is -0.127. The van der Waals surface area contributed by atoms with E-state index in [0.29, 0.717) is 6.42 Å². The normalized spacial score (nSPS) is 25.9. The number of hydrogen-bond acceptors (Lipinski definition) is 2. The molecule has 3 heteroatoms. The maximum Gasteiger partial charge on any atom is 0.222 e. The Balaban J connectivity index is 2.46. The second-order valence-electron chi connectivity index (χ2n) is 3.47. The average molecular weight is 183 g/mol. The van der Waals surface area contributed by atoms with E-state index >= 15 is 0 Å². The highest BCUT2D eigenvalue weighted by atomic mass is 16.3. The van der Waals surface area contributed by atoms with Crippen LogP contribution in [0.15, 0.2) is 12.2 Å². The summed E-state index contributed by atoms with van der Waals surface area (Å²) in [6.45, 7) is 1.93. The van der Waals surface area contributed by atoms with Crippen molar-refractivity contribution >= 4 is 5.91 Å². The molecule has 1 unspecified atom stereocenters. The number of hydrogen-bond donors (Lipinski definition) is 1. The number of carbonyl (C=O) groups is 1. The summed E-state index contributed by atoms with van der Waals surface area (Å²) in [5.74, 6) is 0.195. The van der Waals surface area contributed by atoms with Gasteiger partial charge in [0.2, 0.25) is 5.91 Å². The largest absolute Gasteiger partial charge is 0.389 e. The Morgan fingerprint density at radius 2 is 2.46 bits per heavy atom. The minimum atomic E-state index is -0.371. The van der Waals surface area contributed by atoms with Gasteiger partial charge in [0.25, 0.3) is 0 Å². The minimum absolute atomic E-state index is 0.189. The summed E-state index contributed by atoms with van der Waals surface area (Å²) in [5, 5.41) is 9.28. The molecule has 1 saturated heterocycles. The average Bonchev–Trinajstić information content (AvgIpc) is 2.44. The van der Waals surface area contributed by atoms with Gasteiger partial charge in [-0.25, -0.2) is 0 Å². The van der Waals surface area contributed by atoms with Crippen molar-refractivity contribution in [2.45, 2.75) is 38.3 Å². The van der Waals surface area contributed by atoms with Gasteiger partial charge in [0.05, 0.1) is 12.1 Å². The molecule has 2 atom stereocenters. The van der Waals surface area contributed by atoms with Gasteiger partial charge in [0.1, 0.15) is 0 Å². The van der Waals surface area contributed by atoms with Crippen molar-refractivity contribution in [2.75, 3.05) is 7.05 Å². The van der Waals surface area contributed by atoms with Gasteiger partial charge in [-0.1, -0.05) is 19.1 Å². The molecule has 1 fully saturated rings. The fraction of sp³-hybridized carbons (Fsp3) is 0.700. The molecular weight excluding hydrogens is 166 g/mol. The summed E-state index contributed by atoms with van der Waals surface area (Å²) in [5.41, 5.74) is 0. The summed E-state index contributed by atoms with van der Waals surface area (Å²) >= 11 is 0. The van der Waals surface area contributed by atoms with Crippen molar-refractivity contribution in [3.63, 3.8) is 0 Å².